The molecule has 0 amide bonds. The maximum Gasteiger partial charge on any atom is 0.338 e. The summed E-state index contributed by atoms with van der Waals surface area (Å²) >= 11 is 6.14. The summed E-state index contributed by atoms with van der Waals surface area (Å²) in [6.45, 7) is 0.419. The molecule has 0 aliphatic carbocycles. The van der Waals surface area contributed by atoms with E-state index < -0.39 is 17.6 Å². The second-order valence-corrected chi connectivity index (χ2v) is 7.11. The van der Waals surface area contributed by atoms with Crippen LogP contribution in [0.4, 0.5) is 8.78 Å². The summed E-state index contributed by atoms with van der Waals surface area (Å²) in [5.74, 6) is -2.02. The fraction of sp³-hybridized carbons (Fsp3) is 0.130. The average Bonchev–Trinajstić information content (AvgIpc) is 2.72. The third-order valence-electron chi connectivity index (χ3n) is 4.75. The van der Waals surface area contributed by atoms with Crippen molar-refractivity contribution in [1.29, 1.82) is 0 Å². The fourth-order valence-corrected chi connectivity index (χ4v) is 3.41. The molecule has 29 heavy (non-hydrogen) atoms. The van der Waals surface area contributed by atoms with E-state index >= 15 is 0 Å². The lowest BCUT2D eigenvalue weighted by Crippen LogP contribution is -2.14. The number of nitrogens with zero attached hydrogens (tertiary/aromatic N) is 1. The molecule has 0 saturated heterocycles. The number of ether oxygens (including phenoxy) is 1. The van der Waals surface area contributed by atoms with Crippen LogP contribution in [0.15, 0.2) is 65.7 Å². The Morgan fingerprint density at radius 2 is 1.83 bits per heavy atom. The molecule has 0 radical (unpaired) electrons. The smallest absolute Gasteiger partial charge is 0.338 e. The predicted octanol–water partition coefficient (Wildman–Crippen LogP) is 5.37. The van der Waals surface area contributed by atoms with Crippen LogP contribution in [0.5, 0.6) is 0 Å². The first kappa shape index (κ1) is 19.3. The lowest BCUT2D eigenvalue weighted by molar-refractivity contribution is 0.0469. The second kappa shape index (κ2) is 8.13. The van der Waals surface area contributed by atoms with Crippen LogP contribution in [0.2, 0.25) is 5.02 Å². The standard InChI is InChI=1S/C23H16ClF2NO2/c24-18-7-5-14-9-10-27-22(20(14)11-18)15-1-3-16(4-2-15)23(28)29-13-17-6-8-19(25)12-21(17)26/h1-8,11-12H,9-10,13H2. The molecule has 146 valence electrons. The van der Waals surface area contributed by atoms with Gasteiger partial charge in [-0.05, 0) is 48.4 Å². The zero-order valence-electron chi connectivity index (χ0n) is 15.3. The molecule has 0 aromatic heterocycles. The molecule has 1 aliphatic heterocycles. The van der Waals surface area contributed by atoms with Gasteiger partial charge in [0.1, 0.15) is 18.2 Å². The molecule has 0 fully saturated rings. The molecule has 0 unspecified atom stereocenters. The van der Waals surface area contributed by atoms with Crippen molar-refractivity contribution >= 4 is 23.3 Å². The molecule has 0 atom stereocenters. The Bertz CT molecular complexity index is 1110. The van der Waals surface area contributed by atoms with Crippen LogP contribution in [0.3, 0.4) is 0 Å². The number of benzene rings is 3. The van der Waals surface area contributed by atoms with Gasteiger partial charge >= 0.3 is 5.97 Å². The number of hydrogen-bond acceptors (Lipinski definition) is 3. The molecular formula is C23H16ClF2NO2. The van der Waals surface area contributed by atoms with Crippen LogP contribution in [0, 0.1) is 11.6 Å². The van der Waals surface area contributed by atoms with E-state index in [9.17, 15) is 13.6 Å². The summed E-state index contributed by atoms with van der Waals surface area (Å²) in [5.41, 5.74) is 4.33. The third kappa shape index (κ3) is 4.20. The van der Waals surface area contributed by atoms with Crippen molar-refractivity contribution in [2.24, 2.45) is 4.99 Å². The van der Waals surface area contributed by atoms with E-state index in [2.05, 4.69) is 4.99 Å². The maximum atomic E-state index is 13.7. The largest absolute Gasteiger partial charge is 0.457 e. The first-order valence-corrected chi connectivity index (χ1v) is 9.44. The highest BCUT2D eigenvalue weighted by atomic mass is 35.5. The van der Waals surface area contributed by atoms with E-state index in [1.807, 2.05) is 18.2 Å². The molecule has 3 nitrogen and oxygen atoms in total. The minimum atomic E-state index is -0.749. The van der Waals surface area contributed by atoms with E-state index in [-0.39, 0.29) is 12.2 Å². The molecule has 1 aliphatic rings. The average molecular weight is 412 g/mol. The predicted molar refractivity (Wildman–Crippen MR) is 108 cm³/mol. The first-order valence-electron chi connectivity index (χ1n) is 9.06. The number of carbonyl (C=O) groups excluding carboxylic acids is 1. The van der Waals surface area contributed by atoms with Gasteiger partial charge in [0.2, 0.25) is 0 Å². The van der Waals surface area contributed by atoms with Crippen molar-refractivity contribution in [3.05, 3.63) is 105 Å². The number of fused-ring (bicyclic) bond motifs is 1. The third-order valence-corrected chi connectivity index (χ3v) is 4.98. The van der Waals surface area contributed by atoms with Crippen molar-refractivity contribution in [2.75, 3.05) is 6.54 Å². The number of esters is 1. The minimum absolute atomic E-state index is 0.112. The summed E-state index contributed by atoms with van der Waals surface area (Å²) in [6, 6.07) is 15.8. The fourth-order valence-electron chi connectivity index (χ4n) is 3.24. The minimum Gasteiger partial charge on any atom is -0.457 e. The van der Waals surface area contributed by atoms with Crippen LogP contribution < -0.4 is 0 Å². The number of hydrogen-bond donors (Lipinski definition) is 0. The molecule has 0 spiro atoms. The topological polar surface area (TPSA) is 38.7 Å². The molecule has 0 bridgehead atoms. The Hall–Kier alpha value is -3.05. The van der Waals surface area contributed by atoms with E-state index in [1.165, 1.54) is 11.6 Å². The van der Waals surface area contributed by atoms with Crippen molar-refractivity contribution in [2.45, 2.75) is 13.0 Å². The molecule has 0 saturated carbocycles. The molecule has 4 rings (SSSR count). The lowest BCUT2D eigenvalue weighted by atomic mass is 9.93. The molecule has 6 heteroatoms. The normalized spacial score (nSPS) is 12.9. The van der Waals surface area contributed by atoms with Crippen molar-refractivity contribution in [3.8, 4) is 0 Å². The van der Waals surface area contributed by atoms with Crippen LogP contribution in [0.1, 0.15) is 32.6 Å². The van der Waals surface area contributed by atoms with E-state index in [1.54, 1.807) is 24.3 Å². The summed E-state index contributed by atoms with van der Waals surface area (Å²) in [7, 11) is 0. The van der Waals surface area contributed by atoms with Crippen LogP contribution >= 0.6 is 11.6 Å². The zero-order valence-corrected chi connectivity index (χ0v) is 16.0. The number of rotatable bonds is 4. The zero-order chi connectivity index (χ0) is 20.4. The molecule has 0 N–H and O–H groups in total. The Morgan fingerprint density at radius 3 is 2.59 bits per heavy atom. The quantitative estimate of drug-likeness (QED) is 0.541. The second-order valence-electron chi connectivity index (χ2n) is 6.67. The van der Waals surface area contributed by atoms with Crippen molar-refractivity contribution in [3.63, 3.8) is 0 Å². The van der Waals surface area contributed by atoms with E-state index in [0.29, 0.717) is 17.1 Å². The number of halogens is 3. The van der Waals surface area contributed by atoms with Gasteiger partial charge in [0.15, 0.2) is 0 Å². The maximum absolute atomic E-state index is 13.7. The van der Waals surface area contributed by atoms with Crippen molar-refractivity contribution < 1.29 is 18.3 Å². The van der Waals surface area contributed by atoms with Gasteiger partial charge in [-0.2, -0.15) is 0 Å². The Labute approximate surface area is 171 Å². The van der Waals surface area contributed by atoms with E-state index in [4.69, 9.17) is 16.3 Å². The Kier molecular flexibility index (Phi) is 5.41. The van der Waals surface area contributed by atoms with E-state index in [0.717, 1.165) is 35.4 Å². The number of carbonyl (C=O) groups is 1. The van der Waals surface area contributed by atoms with Gasteiger partial charge in [-0.3, -0.25) is 4.99 Å². The van der Waals surface area contributed by atoms with Gasteiger partial charge < -0.3 is 4.74 Å². The van der Waals surface area contributed by atoms with Gasteiger partial charge in [0.05, 0.1) is 11.3 Å². The van der Waals surface area contributed by atoms with Crippen molar-refractivity contribution in [1.82, 2.24) is 0 Å². The SMILES string of the molecule is O=C(OCc1ccc(F)cc1F)c1ccc(C2=NCCc3ccc(Cl)cc32)cc1. The summed E-state index contributed by atoms with van der Waals surface area (Å²) in [5, 5.41) is 0.645. The lowest BCUT2D eigenvalue weighted by Gasteiger charge is -2.17. The van der Waals surface area contributed by atoms with Gasteiger partial charge in [-0.25, -0.2) is 13.6 Å². The monoisotopic (exact) mass is 411 g/mol. The van der Waals surface area contributed by atoms with Gasteiger partial charge in [0, 0.05) is 34.3 Å². The summed E-state index contributed by atoms with van der Waals surface area (Å²) in [4.78, 5) is 16.9. The molecular weight excluding hydrogens is 396 g/mol. The highest BCUT2D eigenvalue weighted by Crippen LogP contribution is 2.24. The molecule has 3 aromatic rings. The molecule has 1 heterocycles. The first-order chi connectivity index (χ1) is 14.0. The van der Waals surface area contributed by atoms with Gasteiger partial charge in [-0.15, -0.1) is 0 Å². The Balaban J connectivity index is 1.49. The highest BCUT2D eigenvalue weighted by Gasteiger charge is 2.17. The van der Waals surface area contributed by atoms with Crippen LogP contribution in [-0.4, -0.2) is 18.2 Å². The number of aliphatic imine (C=N–C) groups is 1. The van der Waals surface area contributed by atoms with Gasteiger partial charge in [0.25, 0.3) is 0 Å². The highest BCUT2D eigenvalue weighted by molar-refractivity contribution is 6.31. The summed E-state index contributed by atoms with van der Waals surface area (Å²) in [6.07, 6.45) is 0.861. The summed E-state index contributed by atoms with van der Waals surface area (Å²) < 4.78 is 31.8. The van der Waals surface area contributed by atoms with Gasteiger partial charge in [-0.1, -0.05) is 29.8 Å². The molecule has 3 aromatic carbocycles. The Morgan fingerprint density at radius 1 is 1.03 bits per heavy atom. The van der Waals surface area contributed by atoms with Crippen LogP contribution in [0.25, 0.3) is 0 Å². The van der Waals surface area contributed by atoms with Crippen LogP contribution in [-0.2, 0) is 17.8 Å².